The van der Waals surface area contributed by atoms with E-state index in [9.17, 15) is 4.79 Å². The minimum Gasteiger partial charge on any atom is -0.465 e. The van der Waals surface area contributed by atoms with Crippen LogP contribution in [-0.4, -0.2) is 27.8 Å². The fourth-order valence-electron chi connectivity index (χ4n) is 2.86. The van der Waals surface area contributed by atoms with Gasteiger partial charge in [-0.2, -0.15) is 5.10 Å². The van der Waals surface area contributed by atoms with Gasteiger partial charge in [0.1, 0.15) is 5.69 Å². The standard InChI is InChI=1S/C19H15N3O3/c1-12-17-14(19(23)24-2)11-15(16-9-6-10-25-16)20-18(17)22(21-12)13-7-4-3-5-8-13/h3-11H,1-2H3. The third kappa shape index (κ3) is 2.48. The van der Waals surface area contributed by atoms with Crippen molar-refractivity contribution in [1.29, 1.82) is 0 Å². The van der Waals surface area contributed by atoms with Crippen LogP contribution in [0.4, 0.5) is 0 Å². The van der Waals surface area contributed by atoms with E-state index in [1.165, 1.54) is 7.11 Å². The van der Waals surface area contributed by atoms with Crippen molar-refractivity contribution in [2.75, 3.05) is 7.11 Å². The Kier molecular flexibility index (Phi) is 3.57. The van der Waals surface area contributed by atoms with Crippen molar-refractivity contribution in [3.05, 3.63) is 66.1 Å². The van der Waals surface area contributed by atoms with Crippen LogP contribution in [0.1, 0.15) is 16.1 Å². The zero-order chi connectivity index (χ0) is 17.4. The van der Waals surface area contributed by atoms with Gasteiger partial charge in [-0.15, -0.1) is 0 Å². The number of benzene rings is 1. The van der Waals surface area contributed by atoms with Gasteiger partial charge in [0.2, 0.25) is 0 Å². The molecule has 3 heterocycles. The number of para-hydroxylation sites is 1. The number of aromatic nitrogens is 3. The van der Waals surface area contributed by atoms with Gasteiger partial charge in [0.05, 0.1) is 35.7 Å². The van der Waals surface area contributed by atoms with Gasteiger partial charge in [-0.25, -0.2) is 14.5 Å². The molecule has 0 fully saturated rings. The van der Waals surface area contributed by atoms with Crippen molar-refractivity contribution in [2.24, 2.45) is 0 Å². The van der Waals surface area contributed by atoms with Gasteiger partial charge in [0.15, 0.2) is 11.4 Å². The lowest BCUT2D eigenvalue weighted by Gasteiger charge is -2.06. The summed E-state index contributed by atoms with van der Waals surface area (Å²) in [6, 6.07) is 14.9. The molecule has 0 spiro atoms. The van der Waals surface area contributed by atoms with Crippen LogP contribution < -0.4 is 0 Å². The Morgan fingerprint density at radius 2 is 1.96 bits per heavy atom. The van der Waals surface area contributed by atoms with Crippen LogP contribution in [-0.2, 0) is 4.74 Å². The molecular weight excluding hydrogens is 318 g/mol. The Bertz CT molecular complexity index is 1050. The summed E-state index contributed by atoms with van der Waals surface area (Å²) in [6.07, 6.45) is 1.57. The van der Waals surface area contributed by atoms with E-state index in [4.69, 9.17) is 14.1 Å². The number of fused-ring (bicyclic) bond motifs is 1. The number of rotatable bonds is 3. The lowest BCUT2D eigenvalue weighted by molar-refractivity contribution is 0.0603. The van der Waals surface area contributed by atoms with Gasteiger partial charge in [0.25, 0.3) is 0 Å². The van der Waals surface area contributed by atoms with E-state index in [1.807, 2.05) is 37.3 Å². The van der Waals surface area contributed by atoms with Crippen LogP contribution in [0.2, 0.25) is 0 Å². The first-order valence-corrected chi connectivity index (χ1v) is 7.77. The van der Waals surface area contributed by atoms with E-state index in [0.29, 0.717) is 33.7 Å². The molecule has 124 valence electrons. The van der Waals surface area contributed by atoms with Crippen molar-refractivity contribution < 1.29 is 13.9 Å². The second-order valence-corrected chi connectivity index (χ2v) is 5.56. The zero-order valence-corrected chi connectivity index (χ0v) is 13.8. The van der Waals surface area contributed by atoms with Crippen LogP contribution >= 0.6 is 0 Å². The van der Waals surface area contributed by atoms with Crippen LogP contribution in [0.3, 0.4) is 0 Å². The molecule has 3 aromatic heterocycles. The summed E-state index contributed by atoms with van der Waals surface area (Å²) in [4.78, 5) is 17.0. The number of carbonyl (C=O) groups excluding carboxylic acids is 1. The molecule has 0 aliphatic heterocycles. The molecule has 1 aromatic carbocycles. The summed E-state index contributed by atoms with van der Waals surface area (Å²) >= 11 is 0. The molecule has 25 heavy (non-hydrogen) atoms. The highest BCUT2D eigenvalue weighted by molar-refractivity contribution is 6.05. The molecule has 0 amide bonds. The first-order chi connectivity index (χ1) is 12.2. The molecule has 0 N–H and O–H groups in total. The van der Waals surface area contributed by atoms with Crippen LogP contribution in [0.15, 0.2) is 59.2 Å². The molecular formula is C19H15N3O3. The lowest BCUT2D eigenvalue weighted by Crippen LogP contribution is -2.05. The first-order valence-electron chi connectivity index (χ1n) is 7.77. The van der Waals surface area contributed by atoms with Gasteiger partial charge >= 0.3 is 5.97 Å². The van der Waals surface area contributed by atoms with E-state index in [1.54, 1.807) is 29.1 Å². The average molecular weight is 333 g/mol. The Labute approximate surface area is 143 Å². The highest BCUT2D eigenvalue weighted by Crippen LogP contribution is 2.29. The fourth-order valence-corrected chi connectivity index (χ4v) is 2.86. The number of aryl methyl sites for hydroxylation is 1. The number of hydrogen-bond acceptors (Lipinski definition) is 5. The molecule has 4 aromatic rings. The van der Waals surface area contributed by atoms with Gasteiger partial charge in [-0.1, -0.05) is 18.2 Å². The summed E-state index contributed by atoms with van der Waals surface area (Å²) in [5.74, 6) is 0.140. The van der Waals surface area contributed by atoms with E-state index in [-0.39, 0.29) is 0 Å². The van der Waals surface area contributed by atoms with E-state index < -0.39 is 5.97 Å². The first kappa shape index (κ1) is 15.1. The lowest BCUT2D eigenvalue weighted by atomic mass is 10.1. The van der Waals surface area contributed by atoms with Crippen molar-refractivity contribution in [1.82, 2.24) is 14.8 Å². The zero-order valence-electron chi connectivity index (χ0n) is 13.8. The van der Waals surface area contributed by atoms with Gasteiger partial charge < -0.3 is 9.15 Å². The van der Waals surface area contributed by atoms with Crippen molar-refractivity contribution in [3.63, 3.8) is 0 Å². The summed E-state index contributed by atoms with van der Waals surface area (Å²) < 4.78 is 12.1. The highest BCUT2D eigenvalue weighted by Gasteiger charge is 2.21. The number of methoxy groups -OCH3 is 1. The highest BCUT2D eigenvalue weighted by atomic mass is 16.5. The number of nitrogens with zero attached hydrogens (tertiary/aromatic N) is 3. The quantitative estimate of drug-likeness (QED) is 0.534. The maximum Gasteiger partial charge on any atom is 0.338 e. The molecule has 6 heteroatoms. The predicted octanol–water partition coefficient (Wildman–Crippen LogP) is 3.78. The largest absolute Gasteiger partial charge is 0.465 e. The van der Waals surface area contributed by atoms with E-state index >= 15 is 0 Å². The SMILES string of the molecule is COC(=O)c1cc(-c2ccco2)nc2c1c(C)nn2-c1ccccc1. The maximum absolute atomic E-state index is 12.3. The van der Waals surface area contributed by atoms with E-state index in [0.717, 1.165) is 5.69 Å². The molecule has 4 rings (SSSR count). The smallest absolute Gasteiger partial charge is 0.338 e. The summed E-state index contributed by atoms with van der Waals surface area (Å²) in [5, 5.41) is 5.25. The molecule has 0 unspecified atom stereocenters. The summed E-state index contributed by atoms with van der Waals surface area (Å²) in [6.45, 7) is 1.85. The molecule has 6 nitrogen and oxygen atoms in total. The molecule has 0 radical (unpaired) electrons. The van der Waals surface area contributed by atoms with Crippen molar-refractivity contribution in [3.8, 4) is 17.1 Å². The Balaban J connectivity index is 2.07. The van der Waals surface area contributed by atoms with Crippen molar-refractivity contribution >= 4 is 17.0 Å². The minimum atomic E-state index is -0.434. The third-order valence-corrected chi connectivity index (χ3v) is 3.99. The van der Waals surface area contributed by atoms with Gasteiger partial charge in [-0.05, 0) is 37.3 Å². The normalized spacial score (nSPS) is 11.0. The second kappa shape index (κ2) is 5.90. The number of hydrogen-bond donors (Lipinski definition) is 0. The van der Waals surface area contributed by atoms with Crippen LogP contribution in [0.25, 0.3) is 28.2 Å². The molecule has 0 aliphatic rings. The molecule has 0 saturated heterocycles. The molecule has 0 bridgehead atoms. The predicted molar refractivity (Wildman–Crippen MR) is 92.6 cm³/mol. The summed E-state index contributed by atoms with van der Waals surface area (Å²) in [5.41, 5.74) is 3.12. The monoisotopic (exact) mass is 333 g/mol. The summed E-state index contributed by atoms with van der Waals surface area (Å²) in [7, 11) is 1.36. The number of esters is 1. The minimum absolute atomic E-state index is 0.415. The van der Waals surface area contributed by atoms with Crippen LogP contribution in [0.5, 0.6) is 0 Å². The second-order valence-electron chi connectivity index (χ2n) is 5.56. The van der Waals surface area contributed by atoms with E-state index in [2.05, 4.69) is 5.10 Å². The number of ether oxygens (including phenoxy) is 1. The Morgan fingerprint density at radius 1 is 1.16 bits per heavy atom. The molecule has 0 atom stereocenters. The third-order valence-electron chi connectivity index (χ3n) is 3.99. The van der Waals surface area contributed by atoms with Crippen molar-refractivity contribution in [2.45, 2.75) is 6.92 Å². The molecule has 0 aliphatic carbocycles. The topological polar surface area (TPSA) is 70.2 Å². The van der Waals surface area contributed by atoms with Gasteiger partial charge in [0, 0.05) is 0 Å². The van der Waals surface area contributed by atoms with Gasteiger partial charge in [-0.3, -0.25) is 0 Å². The average Bonchev–Trinajstić information content (AvgIpc) is 3.29. The Hall–Kier alpha value is -3.41. The fraction of sp³-hybridized carbons (Fsp3) is 0.105. The maximum atomic E-state index is 12.3. The molecule has 0 saturated carbocycles. The van der Waals surface area contributed by atoms with Crippen LogP contribution in [0, 0.1) is 6.92 Å². The number of carbonyl (C=O) groups is 1. The Morgan fingerprint density at radius 3 is 2.64 bits per heavy atom. The number of pyridine rings is 1. The number of furan rings is 1.